The fourth-order valence-electron chi connectivity index (χ4n) is 4.11. The first-order valence-electron chi connectivity index (χ1n) is 9.48. The summed E-state index contributed by atoms with van der Waals surface area (Å²) in [6, 6.07) is 9.03. The number of carbonyl (C=O) groups is 1. The van der Waals surface area contributed by atoms with Crippen molar-refractivity contribution >= 4 is 5.91 Å². The topological polar surface area (TPSA) is 50.2 Å². The standard InChI is InChI=1S/C20H23F3N4O/c1-26-18(15(9-24-26)14-7-8-14)19(28)25-17-11-27(12-20(21,22)23)10-16(17)13-5-3-2-4-6-13/h2-6,9,14,16-17H,7-8,10-12H2,1H3,(H,25,28)/t16-,17+/m0/s1. The lowest BCUT2D eigenvalue weighted by Crippen LogP contribution is -2.41. The Morgan fingerprint density at radius 1 is 1.21 bits per heavy atom. The molecule has 150 valence electrons. The van der Waals surface area contributed by atoms with E-state index in [0.717, 1.165) is 24.0 Å². The maximum Gasteiger partial charge on any atom is 0.401 e. The molecule has 1 aliphatic heterocycles. The molecule has 5 nitrogen and oxygen atoms in total. The molecule has 1 saturated heterocycles. The first-order valence-corrected chi connectivity index (χ1v) is 9.48. The first kappa shape index (κ1) is 19.0. The summed E-state index contributed by atoms with van der Waals surface area (Å²) in [6.07, 6.45) is -0.448. The van der Waals surface area contributed by atoms with Crippen molar-refractivity contribution in [1.29, 1.82) is 0 Å². The van der Waals surface area contributed by atoms with Crippen LogP contribution in [0.3, 0.4) is 0 Å². The average molecular weight is 392 g/mol. The average Bonchev–Trinajstić information content (AvgIpc) is 3.30. The minimum atomic E-state index is -4.26. The van der Waals surface area contributed by atoms with Crippen LogP contribution in [0.2, 0.25) is 0 Å². The first-order chi connectivity index (χ1) is 13.3. The number of rotatable bonds is 5. The molecule has 0 radical (unpaired) electrons. The Labute approximate surface area is 161 Å². The van der Waals surface area contributed by atoms with Crippen LogP contribution in [0.15, 0.2) is 36.5 Å². The van der Waals surface area contributed by atoms with Gasteiger partial charge in [0.15, 0.2) is 0 Å². The van der Waals surface area contributed by atoms with E-state index in [4.69, 9.17) is 0 Å². The highest BCUT2D eigenvalue weighted by Gasteiger charge is 2.41. The number of alkyl halides is 3. The fraction of sp³-hybridized carbons (Fsp3) is 0.500. The van der Waals surface area contributed by atoms with E-state index in [9.17, 15) is 18.0 Å². The predicted octanol–water partition coefficient (Wildman–Crippen LogP) is 3.06. The van der Waals surface area contributed by atoms with Crippen LogP contribution in [0.25, 0.3) is 0 Å². The van der Waals surface area contributed by atoms with Crippen molar-refractivity contribution in [3.8, 4) is 0 Å². The summed E-state index contributed by atoms with van der Waals surface area (Å²) in [6.45, 7) is -0.543. The Morgan fingerprint density at radius 3 is 2.57 bits per heavy atom. The monoisotopic (exact) mass is 392 g/mol. The van der Waals surface area contributed by atoms with Crippen molar-refractivity contribution < 1.29 is 18.0 Å². The third-order valence-corrected chi connectivity index (χ3v) is 5.54. The van der Waals surface area contributed by atoms with Gasteiger partial charge in [-0.05, 0) is 24.3 Å². The molecular formula is C20H23F3N4O. The van der Waals surface area contributed by atoms with Gasteiger partial charge in [0.05, 0.1) is 12.7 Å². The molecule has 4 rings (SSSR count). The van der Waals surface area contributed by atoms with E-state index < -0.39 is 12.7 Å². The zero-order valence-electron chi connectivity index (χ0n) is 15.6. The number of aromatic nitrogens is 2. The number of hydrogen-bond acceptors (Lipinski definition) is 3. The van der Waals surface area contributed by atoms with Crippen molar-refractivity contribution in [3.05, 3.63) is 53.3 Å². The minimum absolute atomic E-state index is 0.168. The lowest BCUT2D eigenvalue weighted by atomic mass is 9.94. The van der Waals surface area contributed by atoms with Gasteiger partial charge in [0, 0.05) is 37.7 Å². The molecule has 2 aromatic rings. The van der Waals surface area contributed by atoms with Crippen molar-refractivity contribution in [1.82, 2.24) is 20.0 Å². The molecule has 28 heavy (non-hydrogen) atoms. The predicted molar refractivity (Wildman–Crippen MR) is 98.1 cm³/mol. The van der Waals surface area contributed by atoms with Crippen LogP contribution in [0.5, 0.6) is 0 Å². The highest BCUT2D eigenvalue weighted by atomic mass is 19.4. The second kappa shape index (κ2) is 7.24. The summed E-state index contributed by atoms with van der Waals surface area (Å²) in [5, 5.41) is 7.21. The highest BCUT2D eigenvalue weighted by Crippen LogP contribution is 2.41. The Bertz CT molecular complexity index is 845. The van der Waals surface area contributed by atoms with Crippen LogP contribution in [0, 0.1) is 0 Å². The van der Waals surface area contributed by atoms with Gasteiger partial charge in [0.25, 0.3) is 5.91 Å². The smallest absolute Gasteiger partial charge is 0.346 e. The van der Waals surface area contributed by atoms with Gasteiger partial charge in [0.1, 0.15) is 5.69 Å². The number of carbonyl (C=O) groups excluding carboxylic acids is 1. The molecule has 0 unspecified atom stereocenters. The maximum atomic E-state index is 13.0. The molecule has 8 heteroatoms. The quantitative estimate of drug-likeness (QED) is 0.851. The van der Waals surface area contributed by atoms with Gasteiger partial charge in [-0.2, -0.15) is 18.3 Å². The number of amides is 1. The highest BCUT2D eigenvalue weighted by molar-refractivity contribution is 5.94. The Balaban J connectivity index is 1.55. The molecule has 1 amide bonds. The Morgan fingerprint density at radius 2 is 1.93 bits per heavy atom. The van der Waals surface area contributed by atoms with E-state index in [1.165, 1.54) is 4.90 Å². The van der Waals surface area contributed by atoms with E-state index in [2.05, 4.69) is 10.4 Å². The van der Waals surface area contributed by atoms with Gasteiger partial charge < -0.3 is 5.32 Å². The molecule has 2 aliphatic rings. The van der Waals surface area contributed by atoms with Gasteiger partial charge in [0.2, 0.25) is 0 Å². The number of nitrogens with one attached hydrogen (secondary N) is 1. The van der Waals surface area contributed by atoms with Gasteiger partial charge >= 0.3 is 6.18 Å². The molecule has 2 heterocycles. The van der Waals surface area contributed by atoms with E-state index in [1.807, 2.05) is 30.3 Å². The van der Waals surface area contributed by atoms with Crippen molar-refractivity contribution in [2.45, 2.75) is 36.9 Å². The van der Waals surface area contributed by atoms with Crippen LogP contribution in [0.1, 0.15) is 46.3 Å². The van der Waals surface area contributed by atoms with Gasteiger partial charge in [-0.3, -0.25) is 14.4 Å². The van der Waals surface area contributed by atoms with Crippen LogP contribution in [-0.2, 0) is 7.05 Å². The number of aryl methyl sites for hydroxylation is 1. The SMILES string of the molecule is Cn1ncc(C2CC2)c1C(=O)N[C@@H]1CN(CC(F)(F)F)C[C@H]1c1ccccc1. The van der Waals surface area contributed by atoms with Crippen molar-refractivity contribution in [3.63, 3.8) is 0 Å². The maximum absolute atomic E-state index is 13.0. The summed E-state index contributed by atoms with van der Waals surface area (Å²) in [5.41, 5.74) is 2.38. The zero-order chi connectivity index (χ0) is 19.9. The van der Waals surface area contributed by atoms with Crippen molar-refractivity contribution in [2.75, 3.05) is 19.6 Å². The molecular weight excluding hydrogens is 369 g/mol. The number of nitrogens with zero attached hydrogens (tertiary/aromatic N) is 3. The van der Waals surface area contributed by atoms with E-state index in [0.29, 0.717) is 11.6 Å². The molecule has 1 aliphatic carbocycles. The number of benzene rings is 1. The molecule has 0 spiro atoms. The number of hydrogen-bond donors (Lipinski definition) is 1. The summed E-state index contributed by atoms with van der Waals surface area (Å²) >= 11 is 0. The second-order valence-corrected chi connectivity index (χ2v) is 7.75. The van der Waals surface area contributed by atoms with Crippen LogP contribution >= 0.6 is 0 Å². The van der Waals surface area contributed by atoms with Gasteiger partial charge in [-0.25, -0.2) is 0 Å². The summed E-state index contributed by atoms with van der Waals surface area (Å²) in [4.78, 5) is 14.4. The number of halogens is 3. The normalized spacial score (nSPS) is 23.1. The van der Waals surface area contributed by atoms with Crippen molar-refractivity contribution in [2.24, 2.45) is 7.05 Å². The summed E-state index contributed by atoms with van der Waals surface area (Å²) < 4.78 is 40.3. The number of likely N-dealkylation sites (tertiary alicyclic amines) is 1. The second-order valence-electron chi connectivity index (χ2n) is 7.75. The lowest BCUT2D eigenvalue weighted by molar-refractivity contribution is -0.143. The molecule has 2 atom stereocenters. The molecule has 2 fully saturated rings. The zero-order valence-corrected chi connectivity index (χ0v) is 15.6. The summed E-state index contributed by atoms with van der Waals surface area (Å²) in [7, 11) is 1.72. The van der Waals surface area contributed by atoms with Crippen LogP contribution in [0.4, 0.5) is 13.2 Å². The third kappa shape index (κ3) is 4.06. The van der Waals surface area contributed by atoms with Gasteiger partial charge in [-0.15, -0.1) is 0 Å². The fourth-order valence-corrected chi connectivity index (χ4v) is 4.11. The largest absolute Gasteiger partial charge is 0.401 e. The molecule has 1 aromatic carbocycles. The molecule has 1 aromatic heterocycles. The van der Waals surface area contributed by atoms with E-state index >= 15 is 0 Å². The lowest BCUT2D eigenvalue weighted by Gasteiger charge is -2.20. The van der Waals surface area contributed by atoms with Crippen LogP contribution < -0.4 is 5.32 Å². The Hall–Kier alpha value is -2.35. The Kier molecular flexibility index (Phi) is 4.91. The molecule has 0 bridgehead atoms. The summed E-state index contributed by atoms with van der Waals surface area (Å²) in [5.74, 6) is -0.0866. The van der Waals surface area contributed by atoms with Gasteiger partial charge in [-0.1, -0.05) is 30.3 Å². The van der Waals surface area contributed by atoms with E-state index in [1.54, 1.807) is 17.9 Å². The molecule has 1 saturated carbocycles. The van der Waals surface area contributed by atoms with Crippen LogP contribution in [-0.4, -0.2) is 52.4 Å². The van der Waals surface area contributed by atoms with E-state index in [-0.39, 0.29) is 31.0 Å². The third-order valence-electron chi connectivity index (χ3n) is 5.54. The minimum Gasteiger partial charge on any atom is -0.346 e. The molecule has 1 N–H and O–H groups in total.